The van der Waals surface area contributed by atoms with Gasteiger partial charge in [-0.05, 0) is 0 Å². The van der Waals surface area contributed by atoms with Crippen LogP contribution in [0.2, 0.25) is 0 Å². The maximum Gasteiger partial charge on any atom is 0.221 e. The number of aromatic nitrogens is 3. The van der Waals surface area contributed by atoms with Crippen molar-refractivity contribution in [1.82, 2.24) is 25.8 Å². The van der Waals surface area contributed by atoms with Gasteiger partial charge in [-0.2, -0.15) is 5.10 Å². The number of carbonyl (C=O) groups excluding carboxylic acids is 1. The summed E-state index contributed by atoms with van der Waals surface area (Å²) in [6, 6.07) is 0.133. The Bertz CT molecular complexity index is 334. The molecule has 2 rings (SSSR count). The number of hydrogen-bond donors (Lipinski definition) is 3. The number of amides is 1. The Morgan fingerprint density at radius 3 is 3.29 bits per heavy atom. The third-order valence-corrected chi connectivity index (χ3v) is 2.58. The Balaban J connectivity index is 1.60. The second-order valence-corrected chi connectivity index (χ2v) is 3.96. The highest BCUT2D eigenvalue weighted by Gasteiger charge is 2.16. The quantitative estimate of drug-likeness (QED) is 0.603. The van der Waals surface area contributed by atoms with E-state index in [1.54, 1.807) is 0 Å². The molecule has 0 bridgehead atoms. The van der Waals surface area contributed by atoms with Gasteiger partial charge in [-0.1, -0.05) is 0 Å². The lowest BCUT2D eigenvalue weighted by Gasteiger charge is -2.23. The van der Waals surface area contributed by atoms with Crippen LogP contribution in [0.3, 0.4) is 0 Å². The first-order chi connectivity index (χ1) is 8.34. The molecule has 1 aliphatic rings. The van der Waals surface area contributed by atoms with Crippen LogP contribution in [0.4, 0.5) is 0 Å². The van der Waals surface area contributed by atoms with E-state index in [0.29, 0.717) is 26.0 Å². The molecule has 1 unspecified atom stereocenters. The van der Waals surface area contributed by atoms with Gasteiger partial charge in [0, 0.05) is 32.0 Å². The number of aromatic amines is 1. The first kappa shape index (κ1) is 12.0. The summed E-state index contributed by atoms with van der Waals surface area (Å²) in [6.07, 6.45) is 2.58. The lowest BCUT2D eigenvalue weighted by atomic mass is 10.2. The van der Waals surface area contributed by atoms with E-state index < -0.39 is 0 Å². The van der Waals surface area contributed by atoms with Gasteiger partial charge in [-0.15, -0.1) is 0 Å². The van der Waals surface area contributed by atoms with E-state index in [9.17, 15) is 4.79 Å². The van der Waals surface area contributed by atoms with Crippen molar-refractivity contribution in [3.63, 3.8) is 0 Å². The molecule has 2 heterocycles. The Kier molecular flexibility index (Phi) is 4.45. The van der Waals surface area contributed by atoms with Crippen molar-refractivity contribution in [3.8, 4) is 0 Å². The average molecular weight is 239 g/mol. The fraction of sp³-hybridized carbons (Fsp3) is 0.700. The van der Waals surface area contributed by atoms with Crippen molar-refractivity contribution in [2.24, 2.45) is 0 Å². The average Bonchev–Trinajstić information content (AvgIpc) is 2.83. The Labute approximate surface area is 99.3 Å². The first-order valence-corrected chi connectivity index (χ1v) is 5.76. The van der Waals surface area contributed by atoms with E-state index in [1.165, 1.54) is 6.33 Å². The highest BCUT2D eigenvalue weighted by atomic mass is 16.5. The molecular formula is C10H17N5O2. The van der Waals surface area contributed by atoms with Crippen LogP contribution in [-0.4, -0.2) is 53.4 Å². The molecule has 17 heavy (non-hydrogen) atoms. The molecule has 0 radical (unpaired) electrons. The molecule has 1 atom stereocenters. The van der Waals surface area contributed by atoms with Crippen molar-refractivity contribution in [1.29, 1.82) is 0 Å². The Morgan fingerprint density at radius 2 is 2.59 bits per heavy atom. The van der Waals surface area contributed by atoms with E-state index in [0.717, 1.165) is 19.0 Å². The molecule has 0 aliphatic carbocycles. The van der Waals surface area contributed by atoms with Crippen LogP contribution in [0.5, 0.6) is 0 Å². The summed E-state index contributed by atoms with van der Waals surface area (Å²) in [5.74, 6) is 0.817. The van der Waals surface area contributed by atoms with Crippen LogP contribution in [-0.2, 0) is 16.0 Å². The molecule has 1 amide bonds. The molecule has 7 nitrogen and oxygen atoms in total. The summed E-state index contributed by atoms with van der Waals surface area (Å²) in [5, 5.41) is 12.6. The Hall–Kier alpha value is -1.47. The number of hydrogen-bond acceptors (Lipinski definition) is 5. The van der Waals surface area contributed by atoms with Crippen LogP contribution < -0.4 is 10.6 Å². The highest BCUT2D eigenvalue weighted by Crippen LogP contribution is 1.98. The van der Waals surface area contributed by atoms with Crippen LogP contribution in [0.15, 0.2) is 6.33 Å². The number of nitrogens with zero attached hydrogens (tertiary/aromatic N) is 2. The number of H-pyrrole nitrogens is 1. The summed E-state index contributed by atoms with van der Waals surface area (Å²) in [6.45, 7) is 2.72. The summed E-state index contributed by atoms with van der Waals surface area (Å²) >= 11 is 0. The van der Waals surface area contributed by atoms with Crippen LogP contribution in [0, 0.1) is 0 Å². The summed E-state index contributed by atoms with van der Waals surface area (Å²) in [5.41, 5.74) is 0. The van der Waals surface area contributed by atoms with Crippen molar-refractivity contribution in [3.05, 3.63) is 12.2 Å². The maximum atomic E-state index is 11.6. The van der Waals surface area contributed by atoms with Crippen molar-refractivity contribution >= 4 is 5.91 Å². The first-order valence-electron chi connectivity index (χ1n) is 5.76. The third-order valence-electron chi connectivity index (χ3n) is 2.58. The molecule has 7 heteroatoms. The summed E-state index contributed by atoms with van der Waals surface area (Å²) in [7, 11) is 0. The van der Waals surface area contributed by atoms with Gasteiger partial charge in [-0.25, -0.2) is 4.98 Å². The predicted molar refractivity (Wildman–Crippen MR) is 60.3 cm³/mol. The fourth-order valence-electron chi connectivity index (χ4n) is 1.72. The van der Waals surface area contributed by atoms with Crippen molar-refractivity contribution in [2.45, 2.75) is 18.9 Å². The second-order valence-electron chi connectivity index (χ2n) is 3.96. The lowest BCUT2D eigenvalue weighted by Crippen LogP contribution is -2.44. The second kappa shape index (κ2) is 6.31. The molecule has 0 saturated carbocycles. The zero-order chi connectivity index (χ0) is 11.9. The van der Waals surface area contributed by atoms with E-state index in [4.69, 9.17) is 4.74 Å². The van der Waals surface area contributed by atoms with E-state index >= 15 is 0 Å². The van der Waals surface area contributed by atoms with Gasteiger partial charge in [0.25, 0.3) is 0 Å². The SMILES string of the molecule is O=C(CC1COCCN1)NCCc1ncn[nH]1. The van der Waals surface area contributed by atoms with E-state index in [2.05, 4.69) is 25.8 Å². The van der Waals surface area contributed by atoms with Crippen LogP contribution in [0.25, 0.3) is 0 Å². The monoisotopic (exact) mass is 239 g/mol. The van der Waals surface area contributed by atoms with E-state index in [-0.39, 0.29) is 11.9 Å². The zero-order valence-electron chi connectivity index (χ0n) is 9.61. The number of carbonyl (C=O) groups is 1. The smallest absolute Gasteiger partial charge is 0.221 e. The van der Waals surface area contributed by atoms with Gasteiger partial charge in [0.05, 0.1) is 13.2 Å². The van der Waals surface area contributed by atoms with Gasteiger partial charge in [-0.3, -0.25) is 9.89 Å². The van der Waals surface area contributed by atoms with Gasteiger partial charge < -0.3 is 15.4 Å². The molecule has 3 N–H and O–H groups in total. The molecule has 0 aromatic carbocycles. The Morgan fingerprint density at radius 1 is 1.65 bits per heavy atom. The molecular weight excluding hydrogens is 222 g/mol. The largest absolute Gasteiger partial charge is 0.378 e. The molecule has 1 saturated heterocycles. The van der Waals surface area contributed by atoms with Crippen molar-refractivity contribution < 1.29 is 9.53 Å². The number of nitrogens with one attached hydrogen (secondary N) is 3. The molecule has 1 aliphatic heterocycles. The molecule has 0 spiro atoms. The van der Waals surface area contributed by atoms with Crippen LogP contribution >= 0.6 is 0 Å². The minimum absolute atomic E-state index is 0.0347. The molecule has 1 aromatic heterocycles. The number of rotatable bonds is 5. The standard InChI is InChI=1S/C10H17N5O2/c16-10(5-8-6-17-4-3-11-8)12-2-1-9-13-7-14-15-9/h7-8,11H,1-6H2,(H,12,16)(H,13,14,15). The minimum atomic E-state index is 0.0347. The van der Waals surface area contributed by atoms with Gasteiger partial charge in [0.1, 0.15) is 12.2 Å². The third kappa shape index (κ3) is 4.12. The highest BCUT2D eigenvalue weighted by molar-refractivity contribution is 5.76. The van der Waals surface area contributed by atoms with Gasteiger partial charge in [0.2, 0.25) is 5.91 Å². The fourth-order valence-corrected chi connectivity index (χ4v) is 1.72. The minimum Gasteiger partial charge on any atom is -0.378 e. The summed E-state index contributed by atoms with van der Waals surface area (Å²) in [4.78, 5) is 15.6. The zero-order valence-corrected chi connectivity index (χ0v) is 9.61. The van der Waals surface area contributed by atoms with Gasteiger partial charge in [0.15, 0.2) is 0 Å². The topological polar surface area (TPSA) is 91.9 Å². The van der Waals surface area contributed by atoms with Crippen LogP contribution in [0.1, 0.15) is 12.2 Å². The number of ether oxygens (including phenoxy) is 1. The van der Waals surface area contributed by atoms with E-state index in [1.807, 2.05) is 0 Å². The number of morpholine rings is 1. The molecule has 1 aromatic rings. The molecule has 1 fully saturated rings. The van der Waals surface area contributed by atoms with Crippen molar-refractivity contribution in [2.75, 3.05) is 26.3 Å². The maximum absolute atomic E-state index is 11.6. The predicted octanol–water partition coefficient (Wildman–Crippen LogP) is -1.16. The normalized spacial score (nSPS) is 20.1. The molecule has 94 valence electrons. The summed E-state index contributed by atoms with van der Waals surface area (Å²) < 4.78 is 5.28. The van der Waals surface area contributed by atoms with Gasteiger partial charge >= 0.3 is 0 Å². The lowest BCUT2D eigenvalue weighted by molar-refractivity contribution is -0.122.